The quantitative estimate of drug-likeness (QED) is 0.614. The molecule has 4 aliphatic carbocycles. The molecule has 0 aromatic rings. The summed E-state index contributed by atoms with van der Waals surface area (Å²) in [4.78, 5) is 12.2. The molecule has 4 fully saturated rings. The van der Waals surface area contributed by atoms with Crippen molar-refractivity contribution in [1.82, 2.24) is 0 Å². The van der Waals surface area contributed by atoms with Crippen LogP contribution in [0.25, 0.3) is 0 Å². The lowest BCUT2D eigenvalue weighted by Gasteiger charge is -2.60. The van der Waals surface area contributed by atoms with Crippen molar-refractivity contribution in [3.8, 4) is 0 Å². The van der Waals surface area contributed by atoms with Gasteiger partial charge in [-0.15, -0.1) is 0 Å². The average Bonchev–Trinajstić information content (AvgIpc) is 2.84. The van der Waals surface area contributed by atoms with E-state index < -0.39 is 0 Å². The Hall–Kier alpha value is -0.330. The van der Waals surface area contributed by atoms with Gasteiger partial charge in [0.2, 0.25) is 0 Å². The molecule has 124 valence electrons. The van der Waals surface area contributed by atoms with Crippen LogP contribution in [0.1, 0.15) is 85.0 Å². The molecule has 0 aromatic carbocycles. The molecule has 4 saturated carbocycles. The fourth-order valence-corrected chi connectivity index (χ4v) is 7.96. The second-order valence-corrected chi connectivity index (χ2v) is 9.69. The number of hydrogen-bond acceptors (Lipinski definition) is 1. The molecule has 4 rings (SSSR count). The van der Waals surface area contributed by atoms with Crippen LogP contribution in [0.15, 0.2) is 0 Å². The average molecular weight is 303 g/mol. The summed E-state index contributed by atoms with van der Waals surface area (Å²) in [6, 6.07) is 0. The van der Waals surface area contributed by atoms with Crippen LogP contribution in [-0.2, 0) is 4.79 Å². The molecule has 1 nitrogen and oxygen atoms in total. The summed E-state index contributed by atoms with van der Waals surface area (Å²) in [6.07, 6.45) is 14.1. The molecule has 4 aliphatic rings. The molecule has 7 atom stereocenters. The lowest BCUT2D eigenvalue weighted by atomic mass is 9.45. The van der Waals surface area contributed by atoms with Gasteiger partial charge in [0.1, 0.15) is 5.78 Å². The van der Waals surface area contributed by atoms with Gasteiger partial charge in [-0.25, -0.2) is 0 Å². The van der Waals surface area contributed by atoms with Crippen molar-refractivity contribution < 1.29 is 4.79 Å². The van der Waals surface area contributed by atoms with E-state index in [1.54, 1.807) is 0 Å². The smallest absolute Gasteiger partial charge is 0.133 e. The minimum Gasteiger partial charge on any atom is -0.300 e. The fourth-order valence-electron chi connectivity index (χ4n) is 7.96. The Morgan fingerprint density at radius 2 is 1.59 bits per heavy atom. The molecule has 0 spiro atoms. The zero-order chi connectivity index (χ0) is 15.5. The van der Waals surface area contributed by atoms with Gasteiger partial charge in [-0.05, 0) is 92.8 Å². The number of fused-ring (bicyclic) bond motifs is 5. The lowest BCUT2D eigenvalue weighted by molar-refractivity contribution is -0.133. The molecule has 0 amide bonds. The maximum atomic E-state index is 12.2. The Balaban J connectivity index is 1.63. The van der Waals surface area contributed by atoms with Crippen molar-refractivity contribution >= 4 is 5.78 Å². The maximum absolute atomic E-state index is 12.2. The van der Waals surface area contributed by atoms with Gasteiger partial charge in [-0.1, -0.05) is 26.7 Å². The van der Waals surface area contributed by atoms with Crippen molar-refractivity contribution in [3.05, 3.63) is 0 Å². The first kappa shape index (κ1) is 15.2. The van der Waals surface area contributed by atoms with Crippen LogP contribution in [0.2, 0.25) is 0 Å². The molecule has 22 heavy (non-hydrogen) atoms. The van der Waals surface area contributed by atoms with Crippen molar-refractivity contribution in [2.24, 2.45) is 40.4 Å². The number of ketones is 1. The van der Waals surface area contributed by atoms with E-state index in [9.17, 15) is 4.79 Å². The van der Waals surface area contributed by atoms with Gasteiger partial charge in [0.05, 0.1) is 0 Å². The summed E-state index contributed by atoms with van der Waals surface area (Å²) in [7, 11) is 0. The highest BCUT2D eigenvalue weighted by Gasteiger charge is 2.60. The van der Waals surface area contributed by atoms with Crippen LogP contribution in [0, 0.1) is 40.4 Å². The van der Waals surface area contributed by atoms with Crippen LogP contribution >= 0.6 is 0 Å². The highest BCUT2D eigenvalue weighted by atomic mass is 16.1. The monoisotopic (exact) mass is 302 g/mol. The number of rotatable bonds is 1. The summed E-state index contributed by atoms with van der Waals surface area (Å²) < 4.78 is 0. The second-order valence-electron chi connectivity index (χ2n) is 9.69. The van der Waals surface area contributed by atoms with E-state index in [-0.39, 0.29) is 0 Å². The van der Waals surface area contributed by atoms with Crippen LogP contribution in [0.3, 0.4) is 0 Å². The molecule has 0 aromatic heterocycles. The van der Waals surface area contributed by atoms with Crippen LogP contribution in [-0.4, -0.2) is 5.78 Å². The molecular weight excluding hydrogens is 268 g/mol. The lowest BCUT2D eigenvalue weighted by Crippen LogP contribution is -2.53. The molecule has 0 N–H and O–H groups in total. The van der Waals surface area contributed by atoms with E-state index in [2.05, 4.69) is 13.8 Å². The van der Waals surface area contributed by atoms with Gasteiger partial charge in [-0.2, -0.15) is 0 Å². The summed E-state index contributed by atoms with van der Waals surface area (Å²) in [5.41, 5.74) is 0.974. The second kappa shape index (κ2) is 5.08. The fraction of sp³-hybridized carbons (Fsp3) is 0.952. The Bertz CT molecular complexity index is 469. The van der Waals surface area contributed by atoms with E-state index in [1.807, 2.05) is 6.92 Å². The minimum absolute atomic E-state index is 0.338. The molecule has 3 unspecified atom stereocenters. The van der Waals surface area contributed by atoms with Gasteiger partial charge in [0, 0.05) is 5.92 Å². The standard InChI is InChI=1S/C21H34O/c1-14(22)17-9-10-18-16-8-7-15-6-4-5-12-20(15,2)19(16)11-13-21(17,18)3/h15-19H,4-13H2,1-3H3/t15-,16?,17+,18?,19?,20-,21+/m0/s1. The molecular formula is C21H34O. The first-order chi connectivity index (χ1) is 10.5. The predicted molar refractivity (Wildman–Crippen MR) is 90.5 cm³/mol. The highest BCUT2D eigenvalue weighted by molar-refractivity contribution is 5.79. The third-order valence-electron chi connectivity index (χ3n) is 9.07. The van der Waals surface area contributed by atoms with Gasteiger partial charge in [0.25, 0.3) is 0 Å². The summed E-state index contributed by atoms with van der Waals surface area (Å²) in [5.74, 6) is 4.60. The summed E-state index contributed by atoms with van der Waals surface area (Å²) in [5, 5.41) is 0. The van der Waals surface area contributed by atoms with Crippen molar-refractivity contribution in [2.45, 2.75) is 85.0 Å². The number of carbonyl (C=O) groups excluding carboxylic acids is 1. The first-order valence-corrected chi connectivity index (χ1v) is 9.97. The Kier molecular flexibility index (Phi) is 3.51. The zero-order valence-electron chi connectivity index (χ0n) is 14.9. The van der Waals surface area contributed by atoms with E-state index >= 15 is 0 Å². The highest BCUT2D eigenvalue weighted by Crippen LogP contribution is 2.67. The molecule has 0 heterocycles. The topological polar surface area (TPSA) is 17.1 Å². The summed E-state index contributed by atoms with van der Waals surface area (Å²) in [6.45, 7) is 6.97. The van der Waals surface area contributed by atoms with Gasteiger partial charge >= 0.3 is 0 Å². The van der Waals surface area contributed by atoms with E-state index in [1.165, 1.54) is 64.2 Å². The number of carbonyl (C=O) groups is 1. The minimum atomic E-state index is 0.338. The van der Waals surface area contributed by atoms with Crippen LogP contribution in [0.5, 0.6) is 0 Å². The van der Waals surface area contributed by atoms with Crippen LogP contribution in [0.4, 0.5) is 0 Å². The van der Waals surface area contributed by atoms with E-state index in [0.29, 0.717) is 22.5 Å². The zero-order valence-corrected chi connectivity index (χ0v) is 14.9. The Labute approximate surface area is 136 Å². The maximum Gasteiger partial charge on any atom is 0.133 e. The Morgan fingerprint density at radius 1 is 0.818 bits per heavy atom. The number of Topliss-reactive ketones (excluding diaryl/α,β-unsaturated/α-hetero) is 1. The number of hydrogen-bond donors (Lipinski definition) is 0. The normalized spacial score (nSPS) is 54.2. The molecule has 0 bridgehead atoms. The molecule has 0 saturated heterocycles. The largest absolute Gasteiger partial charge is 0.300 e. The third-order valence-corrected chi connectivity index (χ3v) is 9.07. The third kappa shape index (κ3) is 1.93. The summed E-state index contributed by atoms with van der Waals surface area (Å²) >= 11 is 0. The first-order valence-electron chi connectivity index (χ1n) is 9.97. The van der Waals surface area contributed by atoms with Gasteiger partial charge in [-0.3, -0.25) is 4.79 Å². The molecule has 0 radical (unpaired) electrons. The van der Waals surface area contributed by atoms with Crippen molar-refractivity contribution in [1.29, 1.82) is 0 Å². The van der Waals surface area contributed by atoms with E-state index in [0.717, 1.165) is 23.7 Å². The van der Waals surface area contributed by atoms with E-state index in [4.69, 9.17) is 0 Å². The van der Waals surface area contributed by atoms with Crippen molar-refractivity contribution in [2.75, 3.05) is 0 Å². The van der Waals surface area contributed by atoms with Crippen LogP contribution < -0.4 is 0 Å². The van der Waals surface area contributed by atoms with Gasteiger partial charge in [0.15, 0.2) is 0 Å². The molecule has 1 heteroatoms. The SMILES string of the molecule is CC(=O)[C@H]1CCC2C3CC[C@@H]4CCCC[C@]4(C)C3CC[C@@]21C. The Morgan fingerprint density at radius 3 is 2.36 bits per heavy atom. The molecule has 0 aliphatic heterocycles. The van der Waals surface area contributed by atoms with Gasteiger partial charge < -0.3 is 0 Å². The van der Waals surface area contributed by atoms with Crippen molar-refractivity contribution in [3.63, 3.8) is 0 Å². The predicted octanol–water partition coefficient (Wildman–Crippen LogP) is 5.62.